The van der Waals surface area contributed by atoms with Gasteiger partial charge in [-0.25, -0.2) is 8.42 Å². The van der Waals surface area contributed by atoms with Crippen LogP contribution >= 0.6 is 0 Å². The summed E-state index contributed by atoms with van der Waals surface area (Å²) in [6, 6.07) is 30.7. The van der Waals surface area contributed by atoms with Crippen LogP contribution in [0.25, 0.3) is 11.1 Å². The minimum absolute atomic E-state index is 0.0474. The number of hydrogen-bond acceptors (Lipinski definition) is 4. The molecule has 0 saturated carbocycles. The Hall–Kier alpha value is -3.90. The third-order valence-corrected chi connectivity index (χ3v) is 7.86. The van der Waals surface area contributed by atoms with Crippen LogP contribution in [0.2, 0.25) is 0 Å². The second-order valence-corrected chi connectivity index (χ2v) is 10.7. The summed E-state index contributed by atoms with van der Waals surface area (Å²) < 4.78 is 34.2. The number of para-hydroxylation sites is 1. The number of hydrogen-bond donors (Lipinski definition) is 0. The number of unbranched alkanes of at least 4 members (excludes halogenated alkanes) is 1. The van der Waals surface area contributed by atoms with Gasteiger partial charge < -0.3 is 4.74 Å². The Morgan fingerprint density at radius 3 is 2.14 bits per heavy atom. The van der Waals surface area contributed by atoms with Gasteiger partial charge in [-0.05, 0) is 61.2 Å². The van der Waals surface area contributed by atoms with Crippen LogP contribution in [0, 0.1) is 6.92 Å². The van der Waals surface area contributed by atoms with Crippen molar-refractivity contribution in [2.45, 2.75) is 38.0 Å². The molecule has 0 atom stereocenters. The summed E-state index contributed by atoms with van der Waals surface area (Å²) in [5.74, 6) is -0.172. The molecule has 0 aromatic heterocycles. The normalized spacial score (nSPS) is 11.2. The molecule has 0 aliphatic heterocycles. The number of carbonyl (C=O) groups is 1. The average molecular weight is 514 g/mol. The van der Waals surface area contributed by atoms with E-state index in [0.29, 0.717) is 5.75 Å². The second kappa shape index (κ2) is 11.9. The maximum atomic E-state index is 13.7. The highest BCUT2D eigenvalue weighted by molar-refractivity contribution is 7.93. The Labute approximate surface area is 219 Å². The topological polar surface area (TPSA) is 63.7 Å². The van der Waals surface area contributed by atoms with Crippen LogP contribution in [0.5, 0.6) is 5.75 Å². The number of benzene rings is 4. The van der Waals surface area contributed by atoms with Crippen molar-refractivity contribution in [1.82, 2.24) is 0 Å². The number of aryl methyl sites for hydroxylation is 2. The molecule has 4 aromatic rings. The largest absolute Gasteiger partial charge is 0.483 e. The second-order valence-electron chi connectivity index (χ2n) is 8.90. The van der Waals surface area contributed by atoms with Gasteiger partial charge in [-0.3, -0.25) is 4.79 Å². The Balaban J connectivity index is 1.65. The molecule has 0 unspecified atom stereocenters. The number of rotatable bonds is 10. The molecule has 190 valence electrons. The van der Waals surface area contributed by atoms with Gasteiger partial charge in [0.15, 0.2) is 6.61 Å². The van der Waals surface area contributed by atoms with Gasteiger partial charge in [0.25, 0.3) is 15.9 Å². The first-order valence-electron chi connectivity index (χ1n) is 12.4. The van der Waals surface area contributed by atoms with Crippen LogP contribution in [0.15, 0.2) is 108 Å². The minimum atomic E-state index is -4.16. The first-order valence-corrected chi connectivity index (χ1v) is 13.8. The van der Waals surface area contributed by atoms with Crippen LogP contribution in [0.4, 0.5) is 5.69 Å². The quantitative estimate of drug-likeness (QED) is 0.234. The van der Waals surface area contributed by atoms with Crippen LogP contribution in [-0.2, 0) is 21.2 Å². The van der Waals surface area contributed by atoms with Crippen LogP contribution < -0.4 is 9.04 Å². The van der Waals surface area contributed by atoms with E-state index >= 15 is 0 Å². The molecule has 1 amide bonds. The predicted octanol–water partition coefficient (Wildman–Crippen LogP) is 6.81. The van der Waals surface area contributed by atoms with Crippen LogP contribution in [0.1, 0.15) is 30.9 Å². The molecule has 0 bridgehead atoms. The molecule has 0 radical (unpaired) electrons. The van der Waals surface area contributed by atoms with Gasteiger partial charge in [-0.15, -0.1) is 0 Å². The molecule has 6 heteroatoms. The highest BCUT2D eigenvalue weighted by Crippen LogP contribution is 2.30. The number of anilines is 1. The Kier molecular flexibility index (Phi) is 8.41. The molecule has 0 aliphatic rings. The van der Waals surface area contributed by atoms with Gasteiger partial charge in [0, 0.05) is 5.56 Å². The monoisotopic (exact) mass is 513 g/mol. The fourth-order valence-electron chi connectivity index (χ4n) is 4.06. The lowest BCUT2D eigenvalue weighted by atomic mass is 10.1. The summed E-state index contributed by atoms with van der Waals surface area (Å²) in [6.07, 6.45) is 3.00. The van der Waals surface area contributed by atoms with Crippen molar-refractivity contribution in [3.05, 3.63) is 114 Å². The van der Waals surface area contributed by atoms with Gasteiger partial charge in [-0.1, -0.05) is 91.7 Å². The predicted molar refractivity (Wildman–Crippen MR) is 148 cm³/mol. The fourth-order valence-corrected chi connectivity index (χ4v) is 5.47. The van der Waals surface area contributed by atoms with E-state index in [2.05, 4.69) is 6.92 Å². The zero-order valence-corrected chi connectivity index (χ0v) is 21.9. The maximum absolute atomic E-state index is 13.7. The van der Waals surface area contributed by atoms with Crippen LogP contribution in [-0.4, -0.2) is 20.9 Å². The molecule has 0 fully saturated rings. The molecule has 0 aliphatic carbocycles. The molecule has 4 aromatic carbocycles. The molecular weight excluding hydrogens is 482 g/mol. The number of sulfonamides is 1. The Bertz CT molecular complexity index is 1430. The van der Waals surface area contributed by atoms with E-state index in [1.54, 1.807) is 30.3 Å². The molecular formula is C31H31NO4S. The lowest BCUT2D eigenvalue weighted by molar-refractivity contribution is -0.119. The lowest BCUT2D eigenvalue weighted by Crippen LogP contribution is -2.40. The van der Waals surface area contributed by atoms with Gasteiger partial charge in [0.2, 0.25) is 0 Å². The smallest absolute Gasteiger partial charge is 0.278 e. The standard InChI is InChI=1S/C31H31NO4S/c1-3-4-10-25-17-19-27(20-18-25)32(37(34,35)28-21-15-24(2)16-22-28)31(33)23-36-30-14-9-8-13-29(30)26-11-6-5-7-12-26/h5-9,11-22H,3-4,10,23H2,1-2H3. The van der Waals surface area contributed by atoms with Gasteiger partial charge in [0.05, 0.1) is 10.6 Å². The minimum Gasteiger partial charge on any atom is -0.483 e. The molecule has 5 nitrogen and oxygen atoms in total. The maximum Gasteiger partial charge on any atom is 0.278 e. The van der Waals surface area contributed by atoms with Crippen molar-refractivity contribution in [3.8, 4) is 16.9 Å². The SMILES string of the molecule is CCCCc1ccc(N(C(=O)COc2ccccc2-c2ccccc2)S(=O)(=O)c2ccc(C)cc2)cc1. The Morgan fingerprint density at radius 2 is 1.46 bits per heavy atom. The van der Waals surface area contributed by atoms with Gasteiger partial charge in [-0.2, -0.15) is 4.31 Å². The van der Waals surface area contributed by atoms with Gasteiger partial charge >= 0.3 is 0 Å². The third-order valence-electron chi connectivity index (χ3n) is 6.10. The third kappa shape index (κ3) is 6.27. The van der Waals surface area contributed by atoms with E-state index in [0.717, 1.165) is 45.8 Å². The summed E-state index contributed by atoms with van der Waals surface area (Å²) in [6.45, 7) is 3.57. The molecule has 37 heavy (non-hydrogen) atoms. The Morgan fingerprint density at radius 1 is 0.811 bits per heavy atom. The first-order chi connectivity index (χ1) is 17.9. The summed E-state index contributed by atoms with van der Waals surface area (Å²) in [4.78, 5) is 13.6. The van der Waals surface area contributed by atoms with E-state index in [9.17, 15) is 13.2 Å². The van der Waals surface area contributed by atoms with Crippen molar-refractivity contribution >= 4 is 21.6 Å². The first kappa shape index (κ1) is 26.2. The zero-order valence-electron chi connectivity index (χ0n) is 21.1. The van der Waals surface area contributed by atoms with E-state index < -0.39 is 22.5 Å². The van der Waals surface area contributed by atoms with E-state index in [4.69, 9.17) is 4.74 Å². The highest BCUT2D eigenvalue weighted by Gasteiger charge is 2.31. The van der Waals surface area contributed by atoms with Crippen molar-refractivity contribution in [1.29, 1.82) is 0 Å². The van der Waals surface area contributed by atoms with E-state index in [1.165, 1.54) is 12.1 Å². The molecule has 0 saturated heterocycles. The molecule has 4 rings (SSSR count). The summed E-state index contributed by atoms with van der Waals surface area (Å²) in [7, 11) is -4.16. The lowest BCUT2D eigenvalue weighted by Gasteiger charge is -2.23. The molecule has 0 spiro atoms. The number of nitrogens with zero attached hydrogens (tertiary/aromatic N) is 1. The summed E-state index contributed by atoms with van der Waals surface area (Å²) in [5, 5.41) is 0. The molecule has 0 N–H and O–H groups in total. The average Bonchev–Trinajstić information content (AvgIpc) is 2.92. The number of amides is 1. The van der Waals surface area contributed by atoms with Crippen molar-refractivity contribution in [3.63, 3.8) is 0 Å². The summed E-state index contributed by atoms with van der Waals surface area (Å²) in [5.41, 5.74) is 4.07. The van der Waals surface area contributed by atoms with Crippen LogP contribution in [0.3, 0.4) is 0 Å². The highest BCUT2D eigenvalue weighted by atomic mass is 32.2. The van der Waals surface area contributed by atoms with E-state index in [1.807, 2.05) is 67.6 Å². The summed E-state index contributed by atoms with van der Waals surface area (Å²) >= 11 is 0. The fraction of sp³-hybridized carbons (Fsp3) is 0.194. The van der Waals surface area contributed by atoms with Crippen molar-refractivity contribution in [2.24, 2.45) is 0 Å². The zero-order chi connectivity index (χ0) is 26.3. The van der Waals surface area contributed by atoms with E-state index in [-0.39, 0.29) is 10.6 Å². The number of ether oxygens (including phenoxy) is 1. The molecule has 0 heterocycles. The number of carbonyl (C=O) groups excluding carboxylic acids is 1. The van der Waals surface area contributed by atoms with Gasteiger partial charge in [0.1, 0.15) is 5.75 Å². The van der Waals surface area contributed by atoms with Crippen molar-refractivity contribution < 1.29 is 17.9 Å². The van der Waals surface area contributed by atoms with Crippen molar-refractivity contribution in [2.75, 3.05) is 10.9 Å².